The summed E-state index contributed by atoms with van der Waals surface area (Å²) < 4.78 is 117. The minimum atomic E-state index is -4.95. The largest absolute Gasteiger partial charge is 0.460 e. The van der Waals surface area contributed by atoms with Gasteiger partial charge in [0.05, 0.1) is 73.6 Å². The molecule has 3 amide bonds. The fourth-order valence-electron chi connectivity index (χ4n) is 10.7. The Morgan fingerprint density at radius 1 is 0.710 bits per heavy atom. The molecule has 496 valence electrons. The quantitative estimate of drug-likeness (QED) is 0.0126. The number of rotatable bonds is 35. The van der Waals surface area contributed by atoms with Crippen LogP contribution in [0.1, 0.15) is 106 Å². The second-order valence-corrected chi connectivity index (χ2v) is 26.4. The number of nitrogens with one attached hydrogen (secondary N) is 4. The number of carbonyl (C=O) groups excluding carboxylic acids is 4. The van der Waals surface area contributed by atoms with E-state index in [4.69, 9.17) is 24.1 Å². The fourth-order valence-corrected chi connectivity index (χ4v) is 13.1. The molecule has 1 aliphatic carbocycles. The molecule has 93 heavy (non-hydrogen) atoms. The summed E-state index contributed by atoms with van der Waals surface area (Å²) in [5.41, 5.74) is 4.60. The van der Waals surface area contributed by atoms with Gasteiger partial charge in [-0.3, -0.25) is 23.7 Å². The van der Waals surface area contributed by atoms with Gasteiger partial charge in [0, 0.05) is 89.7 Å². The summed E-state index contributed by atoms with van der Waals surface area (Å²) in [6.07, 6.45) is 8.54. The van der Waals surface area contributed by atoms with E-state index >= 15 is 0 Å². The number of hydrogen-bond donors (Lipinski definition) is 6. The average molecular weight is 1340 g/mol. The number of benzene rings is 5. The molecule has 1 aliphatic heterocycles. The first kappa shape index (κ1) is 70.5. The number of unbranched alkanes of at least 4 members (excludes halogenated alkanes) is 1. The molecule has 28 heteroatoms. The third kappa shape index (κ3) is 19.2. The van der Waals surface area contributed by atoms with Crippen molar-refractivity contribution in [2.45, 2.75) is 86.7 Å². The number of primary sulfonamides is 1. The van der Waals surface area contributed by atoms with E-state index in [1.54, 1.807) is 54.7 Å². The Kier molecular flexibility index (Phi) is 25.0. The number of allylic oxidation sites excluding steroid dienone is 3. The molecule has 0 radical (unpaired) electrons. The van der Waals surface area contributed by atoms with Gasteiger partial charge in [-0.1, -0.05) is 65.9 Å². The number of carbonyl (C=O) groups is 4. The van der Waals surface area contributed by atoms with Crippen LogP contribution in [-0.4, -0.2) is 164 Å². The van der Waals surface area contributed by atoms with E-state index in [-0.39, 0.29) is 98.3 Å². The van der Waals surface area contributed by atoms with Gasteiger partial charge in [0.1, 0.15) is 36.3 Å². The first-order chi connectivity index (χ1) is 44.6. The molecular formula is C65H79N10O15S3+. The molecule has 3 atom stereocenters. The van der Waals surface area contributed by atoms with E-state index in [0.717, 1.165) is 43.6 Å². The van der Waals surface area contributed by atoms with Gasteiger partial charge in [-0.25, -0.2) is 36.0 Å². The maximum atomic E-state index is 13.6. The predicted octanol–water partition coefficient (Wildman–Crippen LogP) is 5.38. The molecule has 0 fully saturated rings. The van der Waals surface area contributed by atoms with E-state index in [9.17, 15) is 49.0 Å². The van der Waals surface area contributed by atoms with Crippen molar-refractivity contribution in [1.29, 1.82) is 0 Å². The summed E-state index contributed by atoms with van der Waals surface area (Å²) in [5.74, 6) is -1.68. The summed E-state index contributed by atoms with van der Waals surface area (Å²) in [6, 6.07) is 28.5. The van der Waals surface area contributed by atoms with Gasteiger partial charge in [0.25, 0.3) is 21.9 Å². The first-order valence-electron chi connectivity index (χ1n) is 30.6. The van der Waals surface area contributed by atoms with Crippen LogP contribution in [0.3, 0.4) is 0 Å². The Labute approximate surface area is 542 Å². The van der Waals surface area contributed by atoms with Crippen molar-refractivity contribution in [2.75, 3.05) is 83.8 Å². The van der Waals surface area contributed by atoms with Crippen molar-refractivity contribution >= 4 is 65.1 Å². The molecule has 25 nitrogen and oxygen atoms in total. The number of ketones is 1. The van der Waals surface area contributed by atoms with Crippen molar-refractivity contribution in [3.63, 3.8) is 0 Å². The predicted molar refractivity (Wildman–Crippen MR) is 347 cm³/mol. The van der Waals surface area contributed by atoms with E-state index in [0.29, 0.717) is 58.8 Å². The summed E-state index contributed by atoms with van der Waals surface area (Å²) in [6.45, 7) is 12.6. The fraction of sp³-hybridized carbons (Fsp3) is 0.369. The van der Waals surface area contributed by atoms with Crippen molar-refractivity contribution in [2.24, 2.45) is 11.1 Å². The second-order valence-electron chi connectivity index (χ2n) is 21.7. The van der Waals surface area contributed by atoms with E-state index in [1.807, 2.05) is 56.3 Å². The first-order valence-corrected chi connectivity index (χ1v) is 35.1. The van der Waals surface area contributed by atoms with Gasteiger partial charge < -0.3 is 39.8 Å². The maximum Gasteiger partial charge on any atom is 0.294 e. The second kappa shape index (κ2) is 33.0. The summed E-state index contributed by atoms with van der Waals surface area (Å²) in [5, 5.41) is 21.8. The summed E-state index contributed by atoms with van der Waals surface area (Å²) in [4.78, 5) is 53.7. The Balaban J connectivity index is 0.749. The monoisotopic (exact) mass is 1340 g/mol. The molecule has 0 saturated heterocycles. The highest BCUT2D eigenvalue weighted by Crippen LogP contribution is 2.50. The zero-order chi connectivity index (χ0) is 66.7. The number of sulfonamides is 2. The van der Waals surface area contributed by atoms with Crippen LogP contribution >= 0.6 is 0 Å². The minimum absolute atomic E-state index is 0.0299. The maximum absolute atomic E-state index is 13.6. The third-order valence-corrected chi connectivity index (χ3v) is 19.0. The van der Waals surface area contributed by atoms with Crippen LogP contribution in [-0.2, 0) is 62.3 Å². The van der Waals surface area contributed by atoms with E-state index < -0.39 is 64.8 Å². The standard InChI is InChI=1S/C65H78N10O15S3/c1-5-73(6-2)50-23-28-54-58(40-50)90-59-41-51(74(7-3)8-4)24-29-55(59)61(54)56-30-27-53(42-60(56)93(84,85)86)92(82,83)69-32-34-87-36-38-89-39-37-88-35-33-75-44-49(71-72-75)43-68-65(79)57(70-64(78)48-21-25-52(26-22-48)91(66,80)81)16-12-13-31-67-63(77)47-19-17-46(18-20-47)62(76)45-14-10-9-11-15-45/h9-11,14-15,17-30,40-42,44,54,57,61,69H,5-8,12-13,16,31-39,43H2,1-4H3,(H5-,66,67,68,70,77,78,79,80,81,84,85,86)/p+1/t54?,57-,61?/m0/s1. The van der Waals surface area contributed by atoms with Crippen molar-refractivity contribution in [1.82, 2.24) is 35.7 Å². The molecule has 8 rings (SSSR count). The SMILES string of the molecule is CCN(CC)c1ccc2c(c1)OC1=CC(=[N+](CC)CC)C=CC1C2c1ccc(S(=O)(=O)NCCOCCOCCOCCn2cc(CNC(=O)[C@H](CCCCNC(=O)c3ccc(C(=O)c4ccccc4)cc3)NC(=O)c3ccc(S(N)(=O)=O)cc3)nn2)cc1S(=O)(=O)O. The molecule has 0 saturated carbocycles. The van der Waals surface area contributed by atoms with Crippen LogP contribution in [0.5, 0.6) is 5.75 Å². The third-order valence-electron chi connectivity index (χ3n) is 15.7. The van der Waals surface area contributed by atoms with Crippen molar-refractivity contribution in [3.05, 3.63) is 185 Å². The van der Waals surface area contributed by atoms with E-state index in [2.05, 4.69) is 54.3 Å². The van der Waals surface area contributed by atoms with Crippen LogP contribution < -0.4 is 35.4 Å². The van der Waals surface area contributed by atoms with Crippen molar-refractivity contribution < 1.29 is 72.5 Å². The van der Waals surface area contributed by atoms with Crippen LogP contribution in [0.25, 0.3) is 0 Å². The van der Waals surface area contributed by atoms with Crippen molar-refractivity contribution in [3.8, 4) is 5.75 Å². The van der Waals surface area contributed by atoms with Gasteiger partial charge in [0.15, 0.2) is 5.78 Å². The molecule has 2 aliphatic rings. The number of anilines is 1. The summed E-state index contributed by atoms with van der Waals surface area (Å²) >= 11 is 0. The normalized spacial score (nSPS) is 14.9. The molecule has 6 aromatic rings. The summed E-state index contributed by atoms with van der Waals surface area (Å²) in [7, 11) is -13.2. The molecule has 0 bridgehead atoms. The number of nitrogens with two attached hydrogens (primary N) is 1. The number of ether oxygens (including phenoxy) is 4. The van der Waals surface area contributed by atoms with Crippen LogP contribution in [0, 0.1) is 5.92 Å². The van der Waals surface area contributed by atoms with Gasteiger partial charge in [-0.05, 0) is 107 Å². The van der Waals surface area contributed by atoms with Gasteiger partial charge >= 0.3 is 0 Å². The number of hydrogen-bond acceptors (Lipinski definition) is 17. The molecule has 5 aromatic carbocycles. The smallest absolute Gasteiger partial charge is 0.294 e. The highest BCUT2D eigenvalue weighted by Gasteiger charge is 2.40. The van der Waals surface area contributed by atoms with Crippen LogP contribution in [0.15, 0.2) is 160 Å². The van der Waals surface area contributed by atoms with Gasteiger partial charge in [0.2, 0.25) is 31.7 Å². The number of amides is 3. The van der Waals surface area contributed by atoms with Crippen LogP contribution in [0.4, 0.5) is 5.69 Å². The lowest BCUT2D eigenvalue weighted by Crippen LogP contribution is -2.46. The lowest BCUT2D eigenvalue weighted by Gasteiger charge is -2.36. The number of nitrogens with zero attached hydrogens (tertiary/aromatic N) is 5. The highest BCUT2D eigenvalue weighted by molar-refractivity contribution is 7.89. The molecule has 1 aromatic heterocycles. The Morgan fingerprint density at radius 2 is 1.33 bits per heavy atom. The lowest BCUT2D eigenvalue weighted by atomic mass is 9.75. The van der Waals surface area contributed by atoms with Gasteiger partial charge in [-0.15, -0.1) is 5.10 Å². The van der Waals surface area contributed by atoms with Crippen LogP contribution in [0.2, 0.25) is 0 Å². The highest BCUT2D eigenvalue weighted by atomic mass is 32.2. The zero-order valence-corrected chi connectivity index (χ0v) is 54.7. The average Bonchev–Trinajstić information content (AvgIpc) is 0.968. The molecule has 2 heterocycles. The molecule has 2 unspecified atom stereocenters. The molecular weight excluding hydrogens is 1260 g/mol. The number of fused-ring (bicyclic) bond motifs is 2. The zero-order valence-electron chi connectivity index (χ0n) is 52.2. The lowest BCUT2D eigenvalue weighted by molar-refractivity contribution is -0.519. The topological polar surface area (TPSA) is 339 Å². The van der Waals surface area contributed by atoms with E-state index in [1.165, 1.54) is 41.1 Å². The number of aromatic nitrogens is 3. The molecule has 7 N–H and O–H groups in total. The van der Waals surface area contributed by atoms with Gasteiger partial charge in [-0.2, -0.15) is 8.42 Å². The Bertz CT molecular complexity index is 4040. The molecule has 0 spiro atoms. The Hall–Kier alpha value is -8.32. The minimum Gasteiger partial charge on any atom is -0.460 e. The Morgan fingerprint density at radius 3 is 2.00 bits per heavy atom.